The summed E-state index contributed by atoms with van der Waals surface area (Å²) in [6, 6.07) is 15.6. The predicted molar refractivity (Wildman–Crippen MR) is 102 cm³/mol. The van der Waals surface area contributed by atoms with Crippen molar-refractivity contribution >= 4 is 5.69 Å². The third-order valence-electron chi connectivity index (χ3n) is 3.47. The summed E-state index contributed by atoms with van der Waals surface area (Å²) in [6.45, 7) is 1.40. The third-order valence-corrected chi connectivity index (χ3v) is 3.47. The van der Waals surface area contributed by atoms with Crippen LogP contribution in [0.2, 0.25) is 0 Å². The van der Waals surface area contributed by atoms with Crippen LogP contribution in [-0.4, -0.2) is 46.8 Å². The van der Waals surface area contributed by atoms with Gasteiger partial charge in [-0.15, -0.1) is 0 Å². The lowest BCUT2D eigenvalue weighted by Crippen LogP contribution is -2.11. The van der Waals surface area contributed by atoms with Crippen LogP contribution >= 0.6 is 0 Å². The summed E-state index contributed by atoms with van der Waals surface area (Å²) < 4.78 is 27.7. The van der Waals surface area contributed by atoms with Crippen molar-refractivity contribution in [2.45, 2.75) is 0 Å². The predicted octanol–water partition coefficient (Wildman–Crippen LogP) is 3.51. The third kappa shape index (κ3) is 7.56. The van der Waals surface area contributed by atoms with Gasteiger partial charge in [-0.3, -0.25) is 0 Å². The number of nitrogens with one attached hydrogen (secondary N) is 1. The quantitative estimate of drug-likeness (QED) is 0.522. The Morgan fingerprint density at radius 1 is 0.769 bits per heavy atom. The second-order valence-electron chi connectivity index (χ2n) is 5.36. The summed E-state index contributed by atoms with van der Waals surface area (Å²) in [6.07, 6.45) is 0. The van der Waals surface area contributed by atoms with Gasteiger partial charge >= 0.3 is 0 Å². The average Bonchev–Trinajstić information content (AvgIpc) is 2.69. The first-order valence-corrected chi connectivity index (χ1v) is 8.56. The Labute approximate surface area is 154 Å². The van der Waals surface area contributed by atoms with Gasteiger partial charge in [0.05, 0.1) is 26.4 Å². The monoisotopic (exact) mass is 356 g/mol. The van der Waals surface area contributed by atoms with Crippen LogP contribution in [0.1, 0.15) is 11.1 Å². The fourth-order valence-corrected chi connectivity index (χ4v) is 2.09. The highest BCUT2D eigenvalue weighted by molar-refractivity contribution is 5.50. The Bertz CT molecular complexity index is 690. The normalized spacial score (nSPS) is 10.1. The molecule has 0 bridgehead atoms. The number of ether oxygens (including phenoxy) is 3. The van der Waals surface area contributed by atoms with Crippen molar-refractivity contribution in [2.24, 2.45) is 0 Å². The van der Waals surface area contributed by atoms with Crippen LogP contribution in [0.25, 0.3) is 0 Å². The molecule has 0 aliphatic rings. The van der Waals surface area contributed by atoms with Crippen LogP contribution in [0.3, 0.4) is 0 Å². The van der Waals surface area contributed by atoms with E-state index in [9.17, 15) is 4.39 Å². The minimum absolute atomic E-state index is 0.121. The lowest BCUT2D eigenvalue weighted by Gasteiger charge is -2.07. The molecule has 0 atom stereocenters. The van der Waals surface area contributed by atoms with E-state index in [-0.39, 0.29) is 6.61 Å². The smallest absolute Gasteiger partial charge is 0.119 e. The Kier molecular flexibility index (Phi) is 9.06. The summed E-state index contributed by atoms with van der Waals surface area (Å²) in [7, 11) is 1.89. The molecule has 0 unspecified atom stereocenters. The number of benzene rings is 2. The van der Waals surface area contributed by atoms with E-state index in [0.29, 0.717) is 26.4 Å². The van der Waals surface area contributed by atoms with E-state index in [1.165, 1.54) is 0 Å². The Morgan fingerprint density at radius 2 is 1.31 bits per heavy atom. The van der Waals surface area contributed by atoms with Gasteiger partial charge in [0.2, 0.25) is 0 Å². The summed E-state index contributed by atoms with van der Waals surface area (Å²) in [5.74, 6) is 7.04. The SMILES string of the molecule is CNc1ccc(C#Cc2ccc(OCCOCCOCC[18F])cc2)cc1. The second-order valence-corrected chi connectivity index (χ2v) is 5.36. The lowest BCUT2D eigenvalue weighted by molar-refractivity contribution is 0.0325. The molecule has 0 aliphatic heterocycles. The van der Waals surface area contributed by atoms with Crippen LogP contribution < -0.4 is 10.1 Å². The minimum Gasteiger partial charge on any atom is -0.491 e. The van der Waals surface area contributed by atoms with Gasteiger partial charge in [0.15, 0.2) is 0 Å². The van der Waals surface area contributed by atoms with E-state index in [1.807, 2.05) is 55.6 Å². The Hall–Kier alpha value is -2.55. The summed E-state index contributed by atoms with van der Waals surface area (Å²) >= 11 is 0. The number of rotatable bonds is 10. The molecule has 2 rings (SSSR count). The molecule has 0 aromatic heterocycles. The van der Waals surface area contributed by atoms with E-state index in [4.69, 9.17) is 14.2 Å². The highest BCUT2D eigenvalue weighted by Gasteiger charge is 1.95. The van der Waals surface area contributed by atoms with Crippen LogP contribution in [0.15, 0.2) is 48.5 Å². The molecule has 1 N–H and O–H groups in total. The zero-order valence-electron chi connectivity index (χ0n) is 15.0. The maximum absolute atomic E-state index is 11.8. The van der Waals surface area contributed by atoms with Gasteiger partial charge in [0, 0.05) is 23.9 Å². The zero-order valence-corrected chi connectivity index (χ0v) is 15.0. The van der Waals surface area contributed by atoms with Crippen LogP contribution in [0.5, 0.6) is 5.75 Å². The van der Waals surface area contributed by atoms with Gasteiger partial charge in [-0.25, -0.2) is 4.39 Å². The van der Waals surface area contributed by atoms with Crippen LogP contribution in [-0.2, 0) is 9.47 Å². The van der Waals surface area contributed by atoms with Crippen molar-refractivity contribution in [1.29, 1.82) is 0 Å². The lowest BCUT2D eigenvalue weighted by atomic mass is 10.1. The molecule has 26 heavy (non-hydrogen) atoms. The molecule has 2 aromatic carbocycles. The number of hydrogen-bond acceptors (Lipinski definition) is 4. The molecule has 0 saturated carbocycles. The summed E-state index contributed by atoms with van der Waals surface area (Å²) in [5, 5.41) is 3.08. The number of hydrogen-bond donors (Lipinski definition) is 1. The van der Waals surface area contributed by atoms with Crippen molar-refractivity contribution in [3.05, 3.63) is 59.7 Å². The molecular weight excluding hydrogens is 332 g/mol. The maximum Gasteiger partial charge on any atom is 0.119 e. The van der Waals surface area contributed by atoms with Gasteiger partial charge in [-0.2, -0.15) is 0 Å². The molecular formula is C21H24FNO3. The molecule has 0 fully saturated rings. The second kappa shape index (κ2) is 11.9. The first-order chi connectivity index (χ1) is 12.8. The molecule has 0 amide bonds. The van der Waals surface area contributed by atoms with Crippen molar-refractivity contribution in [1.82, 2.24) is 0 Å². The molecule has 138 valence electrons. The number of anilines is 1. The Morgan fingerprint density at radius 3 is 1.88 bits per heavy atom. The molecule has 0 heterocycles. The molecule has 0 saturated heterocycles. The number of halogens is 1. The van der Waals surface area contributed by atoms with E-state index >= 15 is 0 Å². The molecule has 0 aliphatic carbocycles. The van der Waals surface area contributed by atoms with Crippen LogP contribution in [0.4, 0.5) is 10.1 Å². The summed E-state index contributed by atoms with van der Waals surface area (Å²) in [4.78, 5) is 0. The zero-order chi connectivity index (χ0) is 18.5. The highest BCUT2D eigenvalue weighted by atomic mass is 18.2. The topological polar surface area (TPSA) is 39.7 Å². The van der Waals surface area contributed by atoms with E-state index in [0.717, 1.165) is 22.6 Å². The standard InChI is InChI=1S/C21H24FNO3/c1-23-20-8-4-18(5-9-20)2-3-19-6-10-21(11-7-19)26-17-16-25-15-14-24-13-12-22/h4-11,23H,12-17H2,1H3/i22-1. The molecule has 5 heteroatoms. The average molecular weight is 356 g/mol. The first-order valence-electron chi connectivity index (χ1n) is 8.56. The maximum atomic E-state index is 11.8. The summed E-state index contributed by atoms with van der Waals surface area (Å²) in [5.41, 5.74) is 2.96. The van der Waals surface area contributed by atoms with Crippen molar-refractivity contribution in [3.8, 4) is 17.6 Å². The fraction of sp³-hybridized carbons (Fsp3) is 0.333. The van der Waals surface area contributed by atoms with Gasteiger partial charge in [0.25, 0.3) is 0 Å². The van der Waals surface area contributed by atoms with Gasteiger partial charge in [-0.05, 0) is 48.5 Å². The molecule has 2 aromatic rings. The van der Waals surface area contributed by atoms with Crippen LogP contribution in [0, 0.1) is 11.8 Å². The van der Waals surface area contributed by atoms with Crippen molar-refractivity contribution < 1.29 is 18.6 Å². The number of alkyl halides is 1. The minimum atomic E-state index is -0.466. The first kappa shape index (κ1) is 19.8. The van der Waals surface area contributed by atoms with Gasteiger partial charge in [-0.1, -0.05) is 11.8 Å². The van der Waals surface area contributed by atoms with E-state index in [1.54, 1.807) is 0 Å². The molecule has 0 spiro atoms. The fourth-order valence-electron chi connectivity index (χ4n) is 2.09. The van der Waals surface area contributed by atoms with Gasteiger partial charge in [0.1, 0.15) is 19.0 Å². The van der Waals surface area contributed by atoms with Gasteiger partial charge < -0.3 is 19.5 Å². The Balaban J connectivity index is 1.70. The molecule has 0 radical (unpaired) electrons. The highest BCUT2D eigenvalue weighted by Crippen LogP contribution is 2.12. The van der Waals surface area contributed by atoms with Crippen molar-refractivity contribution in [3.63, 3.8) is 0 Å². The largest absolute Gasteiger partial charge is 0.491 e. The molecule has 4 nitrogen and oxygen atoms in total. The van der Waals surface area contributed by atoms with Crippen molar-refractivity contribution in [2.75, 3.05) is 52.1 Å². The van der Waals surface area contributed by atoms with E-state index in [2.05, 4.69) is 17.2 Å². The van der Waals surface area contributed by atoms with E-state index < -0.39 is 6.67 Å².